The molecule has 0 aliphatic rings. The molecule has 0 N–H and O–H groups in total. The van der Waals surface area contributed by atoms with Crippen LogP contribution in [0.4, 0.5) is 0 Å². The van der Waals surface area contributed by atoms with Gasteiger partial charge in [0.1, 0.15) is 12.3 Å². The fourth-order valence-corrected chi connectivity index (χ4v) is 4.20. The molecule has 0 radical (unpaired) electrons. The van der Waals surface area contributed by atoms with Crippen molar-refractivity contribution >= 4 is 45.0 Å². The number of benzene rings is 2. The number of carbonyl (C=O) groups is 2. The summed E-state index contributed by atoms with van der Waals surface area (Å²) in [6.07, 6.45) is 0. The van der Waals surface area contributed by atoms with E-state index in [9.17, 15) is 9.59 Å². The van der Waals surface area contributed by atoms with E-state index in [0.29, 0.717) is 32.6 Å². The summed E-state index contributed by atoms with van der Waals surface area (Å²) in [5.74, 6) is 0.541. The number of carbonyl (C=O) groups excluding carboxylic acids is 2. The van der Waals surface area contributed by atoms with Gasteiger partial charge in [0.15, 0.2) is 21.9 Å². The summed E-state index contributed by atoms with van der Waals surface area (Å²) in [5, 5.41) is 0.562. The zero-order chi connectivity index (χ0) is 24.2. The number of rotatable bonds is 8. The molecule has 0 aliphatic carbocycles. The van der Waals surface area contributed by atoms with Crippen molar-refractivity contribution in [3.8, 4) is 17.2 Å². The van der Waals surface area contributed by atoms with Crippen LogP contribution < -0.4 is 19.0 Å². The van der Waals surface area contributed by atoms with Crippen molar-refractivity contribution in [3.05, 3.63) is 46.2 Å². The first-order valence-electron chi connectivity index (χ1n) is 10.1. The molecule has 0 spiro atoms. The number of amides is 1. The Hall–Kier alpha value is -3.04. The van der Waals surface area contributed by atoms with E-state index in [1.54, 1.807) is 61.7 Å². The molecular formula is C23H25ClN2O6S. The molecule has 0 unspecified atom stereocenters. The smallest absolute Gasteiger partial charge is 0.326 e. The number of aromatic nitrogens is 1. The van der Waals surface area contributed by atoms with Gasteiger partial charge < -0.3 is 23.5 Å². The average molecular weight is 493 g/mol. The van der Waals surface area contributed by atoms with Crippen molar-refractivity contribution in [2.24, 2.45) is 4.99 Å². The van der Waals surface area contributed by atoms with Crippen molar-refractivity contribution < 1.29 is 28.5 Å². The average Bonchev–Trinajstić information content (AvgIpc) is 3.10. The molecular weight excluding hydrogens is 468 g/mol. The molecule has 0 saturated heterocycles. The molecule has 8 nitrogen and oxygen atoms in total. The van der Waals surface area contributed by atoms with E-state index in [0.717, 1.165) is 4.70 Å². The minimum Gasteiger partial charge on any atom is -0.493 e. The molecule has 0 atom stereocenters. The van der Waals surface area contributed by atoms with Gasteiger partial charge in [0, 0.05) is 17.2 Å². The zero-order valence-corrected chi connectivity index (χ0v) is 20.6. The largest absolute Gasteiger partial charge is 0.493 e. The maximum absolute atomic E-state index is 13.1. The van der Waals surface area contributed by atoms with Crippen molar-refractivity contribution in [1.29, 1.82) is 0 Å². The number of hydrogen-bond acceptors (Lipinski definition) is 7. The number of ether oxygens (including phenoxy) is 4. The second-order valence-corrected chi connectivity index (χ2v) is 8.88. The number of hydrogen-bond donors (Lipinski definition) is 0. The SMILES string of the molecule is CCOC(=O)Cn1c(=NC(=O)C(C)(C)Oc2ccc(Cl)cc2)sc2cc(OC)c(OC)cc21. The van der Waals surface area contributed by atoms with E-state index >= 15 is 0 Å². The highest BCUT2D eigenvalue weighted by atomic mass is 35.5. The summed E-state index contributed by atoms with van der Waals surface area (Å²) in [4.78, 5) is 30.0. The normalized spacial score (nSPS) is 12.0. The van der Waals surface area contributed by atoms with Gasteiger partial charge in [0.25, 0.3) is 5.91 Å². The van der Waals surface area contributed by atoms with Gasteiger partial charge in [-0.25, -0.2) is 0 Å². The Labute approximate surface area is 200 Å². The lowest BCUT2D eigenvalue weighted by atomic mass is 10.1. The first-order valence-corrected chi connectivity index (χ1v) is 11.3. The Kier molecular flexibility index (Phi) is 7.65. The predicted molar refractivity (Wildman–Crippen MR) is 126 cm³/mol. The van der Waals surface area contributed by atoms with E-state index in [1.807, 2.05) is 0 Å². The van der Waals surface area contributed by atoms with Crippen molar-refractivity contribution in [2.45, 2.75) is 32.9 Å². The third-order valence-corrected chi connectivity index (χ3v) is 5.97. The Morgan fingerprint density at radius 3 is 2.33 bits per heavy atom. The van der Waals surface area contributed by atoms with Gasteiger partial charge in [-0.15, -0.1) is 0 Å². The van der Waals surface area contributed by atoms with Crippen LogP contribution in [0.1, 0.15) is 20.8 Å². The van der Waals surface area contributed by atoms with Crippen molar-refractivity contribution in [1.82, 2.24) is 4.57 Å². The van der Waals surface area contributed by atoms with Crippen molar-refractivity contribution in [2.75, 3.05) is 20.8 Å². The van der Waals surface area contributed by atoms with E-state index in [4.69, 9.17) is 30.5 Å². The van der Waals surface area contributed by atoms with Gasteiger partial charge in [0.05, 0.1) is 31.0 Å². The van der Waals surface area contributed by atoms with Crippen LogP contribution in [-0.2, 0) is 20.9 Å². The quantitative estimate of drug-likeness (QED) is 0.437. The van der Waals surface area contributed by atoms with Gasteiger partial charge >= 0.3 is 5.97 Å². The number of halogens is 1. The van der Waals surface area contributed by atoms with Gasteiger partial charge in [-0.05, 0) is 45.0 Å². The van der Waals surface area contributed by atoms with Crippen molar-refractivity contribution in [3.63, 3.8) is 0 Å². The first kappa shape index (κ1) is 24.6. The Bertz CT molecular complexity index is 1230. The zero-order valence-electron chi connectivity index (χ0n) is 19.0. The molecule has 176 valence electrons. The van der Waals surface area contributed by atoms with E-state index in [1.165, 1.54) is 25.6 Å². The van der Waals surface area contributed by atoms with E-state index in [2.05, 4.69) is 4.99 Å². The third-order valence-electron chi connectivity index (χ3n) is 4.68. The summed E-state index contributed by atoms with van der Waals surface area (Å²) in [5.41, 5.74) is -0.602. The lowest BCUT2D eigenvalue weighted by molar-refractivity contribution is -0.143. The second kappa shape index (κ2) is 10.3. The monoisotopic (exact) mass is 492 g/mol. The molecule has 0 fully saturated rings. The molecule has 10 heteroatoms. The highest BCUT2D eigenvalue weighted by Gasteiger charge is 2.30. The summed E-state index contributed by atoms with van der Waals surface area (Å²) in [7, 11) is 3.06. The van der Waals surface area contributed by atoms with Gasteiger partial charge in [-0.3, -0.25) is 9.59 Å². The van der Waals surface area contributed by atoms with E-state index < -0.39 is 17.5 Å². The molecule has 2 aromatic carbocycles. The lowest BCUT2D eigenvalue weighted by Gasteiger charge is -2.22. The molecule has 33 heavy (non-hydrogen) atoms. The lowest BCUT2D eigenvalue weighted by Crippen LogP contribution is -2.38. The number of thiazole rings is 1. The van der Waals surface area contributed by atoms with E-state index in [-0.39, 0.29) is 13.2 Å². The van der Waals surface area contributed by atoms with Crippen LogP contribution in [-0.4, -0.2) is 42.9 Å². The molecule has 1 heterocycles. The molecule has 0 aliphatic heterocycles. The number of nitrogens with zero attached hydrogens (tertiary/aromatic N) is 2. The van der Waals surface area contributed by atoms with Crippen LogP contribution in [0.2, 0.25) is 5.02 Å². The standard InChI is InChI=1S/C23H25ClN2O6S/c1-6-31-20(27)13-26-16-11-17(29-4)18(30-5)12-19(16)33-22(26)25-21(28)23(2,3)32-15-9-7-14(24)8-10-15/h7-12H,6,13H2,1-5H3. The number of methoxy groups -OCH3 is 2. The summed E-state index contributed by atoms with van der Waals surface area (Å²) in [6, 6.07) is 10.2. The maximum atomic E-state index is 13.1. The fraction of sp³-hybridized carbons (Fsp3) is 0.348. The van der Waals surface area contributed by atoms with Gasteiger partial charge in [-0.1, -0.05) is 22.9 Å². The fourth-order valence-electron chi connectivity index (χ4n) is 3.03. The summed E-state index contributed by atoms with van der Waals surface area (Å²) < 4.78 is 24.1. The minimum atomic E-state index is -1.26. The second-order valence-electron chi connectivity index (χ2n) is 7.43. The predicted octanol–water partition coefficient (Wildman–Crippen LogP) is 4.22. The van der Waals surface area contributed by atoms with Crippen LogP contribution in [0.3, 0.4) is 0 Å². The number of fused-ring (bicyclic) bond motifs is 1. The van der Waals surface area contributed by atoms with Gasteiger partial charge in [-0.2, -0.15) is 4.99 Å². The van der Waals surface area contributed by atoms with Crippen LogP contribution in [0.25, 0.3) is 10.2 Å². The molecule has 1 amide bonds. The topological polar surface area (TPSA) is 88.4 Å². The molecule has 0 bridgehead atoms. The molecule has 3 aromatic rings. The Morgan fingerprint density at radius 1 is 1.09 bits per heavy atom. The summed E-state index contributed by atoms with van der Waals surface area (Å²) >= 11 is 7.16. The van der Waals surface area contributed by atoms with Crippen LogP contribution in [0, 0.1) is 0 Å². The highest BCUT2D eigenvalue weighted by molar-refractivity contribution is 7.16. The third kappa shape index (κ3) is 5.66. The van der Waals surface area contributed by atoms with Crippen LogP contribution >= 0.6 is 22.9 Å². The van der Waals surface area contributed by atoms with Crippen LogP contribution in [0.15, 0.2) is 41.4 Å². The minimum absolute atomic E-state index is 0.117. The summed E-state index contributed by atoms with van der Waals surface area (Å²) in [6.45, 7) is 5.11. The van der Waals surface area contributed by atoms with Gasteiger partial charge in [0.2, 0.25) is 0 Å². The Balaban J connectivity index is 2.07. The molecule has 0 saturated carbocycles. The Morgan fingerprint density at radius 2 is 1.73 bits per heavy atom. The first-order chi connectivity index (χ1) is 15.7. The highest BCUT2D eigenvalue weighted by Crippen LogP contribution is 2.33. The maximum Gasteiger partial charge on any atom is 0.326 e. The molecule has 1 aromatic heterocycles. The number of esters is 1. The van der Waals surface area contributed by atoms with Crippen LogP contribution in [0.5, 0.6) is 17.2 Å². The molecule has 3 rings (SSSR count).